The van der Waals surface area contributed by atoms with Gasteiger partial charge in [-0.05, 0) is 53.9 Å². The maximum atomic E-state index is 13.4. The average Bonchev–Trinajstić information content (AvgIpc) is 2.79. The molecule has 1 fully saturated rings. The Hall–Kier alpha value is -2.70. The normalized spacial score (nSPS) is 16.6. The summed E-state index contributed by atoms with van der Waals surface area (Å²) in [6, 6.07) is 18.2. The molecule has 1 heterocycles. The van der Waals surface area contributed by atoms with E-state index >= 15 is 0 Å². The van der Waals surface area contributed by atoms with Crippen molar-refractivity contribution in [2.45, 2.75) is 25.6 Å². The van der Waals surface area contributed by atoms with Crippen molar-refractivity contribution in [1.82, 2.24) is 4.90 Å². The van der Waals surface area contributed by atoms with Gasteiger partial charge in [0, 0.05) is 24.7 Å². The van der Waals surface area contributed by atoms with Gasteiger partial charge in [0.15, 0.2) is 0 Å². The smallest absolute Gasteiger partial charge is 0.360 e. The number of aryl methyl sites for hydroxylation is 1. The van der Waals surface area contributed by atoms with Crippen molar-refractivity contribution in [2.24, 2.45) is 0 Å². The molecule has 1 aliphatic heterocycles. The number of benzene rings is 3. The van der Waals surface area contributed by atoms with E-state index in [2.05, 4.69) is 4.90 Å². The molecule has 3 nitrogen and oxygen atoms in total. The van der Waals surface area contributed by atoms with Crippen molar-refractivity contribution in [3.63, 3.8) is 0 Å². The summed E-state index contributed by atoms with van der Waals surface area (Å²) in [6.07, 6.45) is -4.82. The van der Waals surface area contributed by atoms with Crippen LogP contribution < -0.4 is 4.90 Å². The van der Waals surface area contributed by atoms with Crippen LogP contribution >= 0.6 is 23.2 Å². The van der Waals surface area contributed by atoms with E-state index in [0.29, 0.717) is 29.7 Å². The van der Waals surface area contributed by atoms with Crippen molar-refractivity contribution < 1.29 is 18.0 Å². The van der Waals surface area contributed by atoms with Crippen LogP contribution in [0, 0.1) is 6.92 Å². The number of carbonyl (C=O) groups excluding carboxylic acids is 1. The Labute approximate surface area is 206 Å². The lowest BCUT2D eigenvalue weighted by Crippen LogP contribution is -2.51. The van der Waals surface area contributed by atoms with Gasteiger partial charge in [0.25, 0.3) is 0 Å². The Kier molecular flexibility index (Phi) is 7.10. The fraction of sp³-hybridized carbons (Fsp3) is 0.269. The van der Waals surface area contributed by atoms with E-state index in [1.165, 1.54) is 18.2 Å². The summed E-state index contributed by atoms with van der Waals surface area (Å²) in [5, 5.41) is 1.20. The molecular weight excluding hydrogens is 484 g/mol. The SMILES string of the molecule is Cc1ccc(N2CCN(C(=O)Cc3ccccc3C(F)(F)F)CC2c2ccc(Cl)cc2)c(Cl)c1. The van der Waals surface area contributed by atoms with E-state index in [9.17, 15) is 18.0 Å². The molecule has 1 amide bonds. The van der Waals surface area contributed by atoms with Crippen LogP contribution in [0.3, 0.4) is 0 Å². The largest absolute Gasteiger partial charge is 0.416 e. The summed E-state index contributed by atoms with van der Waals surface area (Å²) in [5.74, 6) is -0.342. The summed E-state index contributed by atoms with van der Waals surface area (Å²) in [7, 11) is 0. The van der Waals surface area contributed by atoms with Crippen LogP contribution in [0.15, 0.2) is 66.7 Å². The molecule has 1 unspecified atom stereocenters. The van der Waals surface area contributed by atoms with Crippen LogP contribution in [0.1, 0.15) is 28.3 Å². The second kappa shape index (κ2) is 9.88. The highest BCUT2D eigenvalue weighted by molar-refractivity contribution is 6.33. The molecular formula is C26H23Cl2F3N2O. The molecule has 0 bridgehead atoms. The standard InChI is InChI=1S/C26H23Cl2F3N2O/c1-17-6-11-23(22(28)14-17)33-13-12-32(16-24(33)18-7-9-20(27)10-8-18)25(34)15-19-4-2-3-5-21(19)26(29,30)31/h2-11,14,24H,12-13,15-16H2,1H3. The topological polar surface area (TPSA) is 23.6 Å². The number of rotatable bonds is 4. The number of carbonyl (C=O) groups is 1. The van der Waals surface area contributed by atoms with Crippen LogP contribution in [0.5, 0.6) is 0 Å². The van der Waals surface area contributed by atoms with E-state index in [4.69, 9.17) is 23.2 Å². The van der Waals surface area contributed by atoms with E-state index in [1.54, 1.807) is 17.0 Å². The Bertz CT molecular complexity index is 1180. The van der Waals surface area contributed by atoms with Crippen LogP contribution in [0.2, 0.25) is 10.0 Å². The van der Waals surface area contributed by atoms with Crippen LogP contribution in [-0.2, 0) is 17.4 Å². The Balaban J connectivity index is 1.61. The highest BCUT2D eigenvalue weighted by Crippen LogP contribution is 2.37. The van der Waals surface area contributed by atoms with Gasteiger partial charge in [-0.1, -0.05) is 59.6 Å². The second-order valence-electron chi connectivity index (χ2n) is 8.39. The lowest BCUT2D eigenvalue weighted by Gasteiger charge is -2.43. The molecule has 1 atom stereocenters. The third kappa shape index (κ3) is 5.34. The van der Waals surface area contributed by atoms with Crippen molar-refractivity contribution in [3.05, 3.63) is 99.0 Å². The first-order chi connectivity index (χ1) is 16.1. The molecule has 0 saturated carbocycles. The monoisotopic (exact) mass is 506 g/mol. The molecule has 3 aromatic rings. The van der Waals surface area contributed by atoms with Gasteiger partial charge in [-0.15, -0.1) is 0 Å². The number of hydrogen-bond donors (Lipinski definition) is 0. The lowest BCUT2D eigenvalue weighted by molar-refractivity contribution is -0.138. The number of hydrogen-bond acceptors (Lipinski definition) is 2. The van der Waals surface area contributed by atoms with Crippen LogP contribution in [-0.4, -0.2) is 30.4 Å². The second-order valence-corrected chi connectivity index (χ2v) is 9.23. The van der Waals surface area contributed by atoms with Gasteiger partial charge in [-0.3, -0.25) is 4.79 Å². The first-order valence-electron chi connectivity index (χ1n) is 10.8. The fourth-order valence-electron chi connectivity index (χ4n) is 4.34. The van der Waals surface area contributed by atoms with Gasteiger partial charge < -0.3 is 9.80 Å². The number of nitrogens with zero attached hydrogens (tertiary/aromatic N) is 2. The Morgan fingerprint density at radius 2 is 1.71 bits per heavy atom. The summed E-state index contributed by atoms with van der Waals surface area (Å²) >= 11 is 12.6. The number of amides is 1. The zero-order valence-corrected chi connectivity index (χ0v) is 20.0. The minimum absolute atomic E-state index is 0.0212. The van der Waals surface area contributed by atoms with Crippen LogP contribution in [0.4, 0.5) is 18.9 Å². The average molecular weight is 507 g/mol. The van der Waals surface area contributed by atoms with Crippen molar-refractivity contribution >= 4 is 34.8 Å². The van der Waals surface area contributed by atoms with E-state index in [1.807, 2.05) is 37.3 Å². The maximum Gasteiger partial charge on any atom is 0.416 e. The third-order valence-corrected chi connectivity index (χ3v) is 6.62. The first kappa shape index (κ1) is 24.4. The molecule has 34 heavy (non-hydrogen) atoms. The minimum atomic E-state index is -4.51. The summed E-state index contributed by atoms with van der Waals surface area (Å²) in [6.45, 7) is 3.14. The zero-order valence-electron chi connectivity index (χ0n) is 18.4. The molecule has 0 radical (unpaired) electrons. The van der Waals surface area contributed by atoms with Gasteiger partial charge in [0.1, 0.15) is 0 Å². The van der Waals surface area contributed by atoms with Gasteiger partial charge >= 0.3 is 6.18 Å². The maximum absolute atomic E-state index is 13.4. The number of halogens is 5. The summed E-state index contributed by atoms with van der Waals surface area (Å²) < 4.78 is 40.2. The molecule has 4 rings (SSSR count). The van der Waals surface area contributed by atoms with E-state index in [-0.39, 0.29) is 23.9 Å². The lowest BCUT2D eigenvalue weighted by atomic mass is 9.99. The highest BCUT2D eigenvalue weighted by Gasteiger charge is 2.35. The predicted octanol–water partition coefficient (Wildman–Crippen LogP) is 6.95. The molecule has 1 aliphatic rings. The van der Waals surface area contributed by atoms with Gasteiger partial charge in [0.05, 0.1) is 28.7 Å². The molecule has 0 N–H and O–H groups in total. The van der Waals surface area contributed by atoms with Gasteiger partial charge in [-0.25, -0.2) is 0 Å². The molecule has 0 aromatic heterocycles. The Morgan fingerprint density at radius 3 is 2.38 bits per heavy atom. The zero-order chi connectivity index (χ0) is 24.5. The third-order valence-electron chi connectivity index (χ3n) is 6.06. The molecule has 0 aliphatic carbocycles. The van der Waals surface area contributed by atoms with Gasteiger partial charge in [-0.2, -0.15) is 13.2 Å². The van der Waals surface area contributed by atoms with E-state index in [0.717, 1.165) is 22.9 Å². The molecule has 178 valence electrons. The predicted molar refractivity (Wildman–Crippen MR) is 129 cm³/mol. The van der Waals surface area contributed by atoms with Crippen LogP contribution in [0.25, 0.3) is 0 Å². The van der Waals surface area contributed by atoms with Crippen molar-refractivity contribution in [3.8, 4) is 0 Å². The highest BCUT2D eigenvalue weighted by atomic mass is 35.5. The summed E-state index contributed by atoms with van der Waals surface area (Å²) in [5.41, 5.74) is 2.03. The van der Waals surface area contributed by atoms with Crippen molar-refractivity contribution in [1.29, 1.82) is 0 Å². The van der Waals surface area contributed by atoms with E-state index < -0.39 is 11.7 Å². The number of piperazine rings is 1. The summed E-state index contributed by atoms with van der Waals surface area (Å²) in [4.78, 5) is 16.9. The molecule has 8 heteroatoms. The molecule has 1 saturated heterocycles. The first-order valence-corrected chi connectivity index (χ1v) is 11.6. The molecule has 0 spiro atoms. The number of alkyl halides is 3. The fourth-order valence-corrected chi connectivity index (χ4v) is 4.81. The minimum Gasteiger partial charge on any atom is -0.360 e. The quantitative estimate of drug-likeness (QED) is 0.382. The molecule has 3 aromatic carbocycles. The number of anilines is 1. The Morgan fingerprint density at radius 1 is 1.00 bits per heavy atom. The van der Waals surface area contributed by atoms with Crippen molar-refractivity contribution in [2.75, 3.05) is 24.5 Å². The van der Waals surface area contributed by atoms with Gasteiger partial charge in [0.2, 0.25) is 5.91 Å².